The van der Waals surface area contributed by atoms with Crippen LogP contribution in [0.25, 0.3) is 279 Å². The van der Waals surface area contributed by atoms with E-state index in [0.717, 1.165) is 78.1 Å². The van der Waals surface area contributed by atoms with E-state index in [1.54, 1.807) is 0 Å². The Morgan fingerprint density at radius 1 is 0.115 bits per heavy atom. The van der Waals surface area contributed by atoms with Crippen LogP contribution in [-0.4, -0.2) is 88.4 Å². The first-order valence-corrected chi connectivity index (χ1v) is 51.7. The first-order valence-electron chi connectivity index (χ1n) is 46.6. The van der Waals surface area contributed by atoms with Gasteiger partial charge in [0.05, 0.1) is 0 Å². The number of hydrogen-bond donors (Lipinski definition) is 0. The minimum atomic E-state index is 0.168. The van der Waals surface area contributed by atoms with Gasteiger partial charge in [-0.1, -0.05) is 78.9 Å². The van der Waals surface area contributed by atoms with Gasteiger partial charge in [0.25, 0.3) is 0 Å². The SMILES string of the molecule is c1ccc(-c2ccc(-c3nc(-c4ccc5c(ccc6c7ccccc7ccc56)c4)nc(-c4cccc5c4[se]c4ccccc45)n3)cc2)cc1.c1ccc(-c2nc(-c3ccc4c(ccc5c6ccccc6ccc45)c3)nc(-c3cccc4c3[se]c3ccccc34)n2)cc1.c1ccc2cc(-c3nc(-c4ccc5c(ccc6c7ccccc7ccc56)c4)nc(-c4cccc5c4[se]c4ccccc45)n3)ccc2c1. The van der Waals surface area contributed by atoms with Gasteiger partial charge in [0, 0.05) is 0 Å². The maximum absolute atomic E-state index is 5.20. The van der Waals surface area contributed by atoms with E-state index in [-0.39, 0.29) is 43.5 Å². The molecule has 6 aromatic heterocycles. The number of aromatic nitrogens is 9. The molecule has 0 aliphatic rings. The molecule has 29 rings (SSSR count). The number of fused-ring (bicyclic) bond motifs is 25. The molecule has 0 unspecified atom stereocenters. The summed E-state index contributed by atoms with van der Waals surface area (Å²) in [6, 6.07) is 162. The molecule has 0 aliphatic heterocycles. The molecule has 0 bridgehead atoms. The zero-order valence-electron chi connectivity index (χ0n) is 74.6. The van der Waals surface area contributed by atoms with Crippen LogP contribution in [0.3, 0.4) is 0 Å². The summed E-state index contributed by atoms with van der Waals surface area (Å²) in [6.45, 7) is 0. The summed E-state index contributed by atoms with van der Waals surface area (Å²) in [5, 5.41) is 32.5. The fourth-order valence-electron chi connectivity index (χ4n) is 20.3. The summed E-state index contributed by atoms with van der Waals surface area (Å²) in [7, 11) is 0. The van der Waals surface area contributed by atoms with E-state index < -0.39 is 0 Å². The van der Waals surface area contributed by atoms with Gasteiger partial charge in [0.1, 0.15) is 0 Å². The first-order chi connectivity index (χ1) is 68.8. The van der Waals surface area contributed by atoms with E-state index in [1.165, 1.54) is 160 Å². The number of benzene rings is 23. The van der Waals surface area contributed by atoms with Gasteiger partial charge >= 0.3 is 728 Å². The van der Waals surface area contributed by atoms with Crippen LogP contribution in [0.15, 0.2) is 455 Å². The van der Waals surface area contributed by atoms with Gasteiger partial charge in [-0.05, 0) is 16.2 Å². The molecule has 646 valence electrons. The summed E-state index contributed by atoms with van der Waals surface area (Å²) < 4.78 is 8.21. The summed E-state index contributed by atoms with van der Waals surface area (Å²) >= 11 is 0.532. The van der Waals surface area contributed by atoms with E-state index in [9.17, 15) is 0 Å². The second-order valence-electron chi connectivity index (χ2n) is 35.3. The van der Waals surface area contributed by atoms with Crippen molar-refractivity contribution in [2.45, 2.75) is 0 Å². The summed E-state index contributed by atoms with van der Waals surface area (Å²) in [4.78, 5) is 46.2. The molecule has 0 radical (unpaired) electrons. The zero-order valence-corrected chi connectivity index (χ0v) is 79.7. The predicted molar refractivity (Wildman–Crippen MR) is 585 cm³/mol. The molecule has 0 N–H and O–H groups in total. The van der Waals surface area contributed by atoms with E-state index in [0.29, 0.717) is 40.8 Å². The molecule has 139 heavy (non-hydrogen) atoms. The summed E-state index contributed by atoms with van der Waals surface area (Å²) in [5.41, 5.74) is 11.5. The summed E-state index contributed by atoms with van der Waals surface area (Å²) in [5.74, 6) is 6.23. The van der Waals surface area contributed by atoms with Crippen LogP contribution >= 0.6 is 0 Å². The topological polar surface area (TPSA) is 116 Å². The Morgan fingerprint density at radius 2 is 0.331 bits per heavy atom. The van der Waals surface area contributed by atoms with Gasteiger partial charge in [0.2, 0.25) is 0 Å². The van der Waals surface area contributed by atoms with E-state index in [4.69, 9.17) is 44.9 Å². The number of rotatable bonds is 10. The van der Waals surface area contributed by atoms with Gasteiger partial charge in [-0.15, -0.1) is 0 Å². The van der Waals surface area contributed by atoms with Crippen molar-refractivity contribution in [3.63, 3.8) is 0 Å². The molecule has 0 aliphatic carbocycles. The van der Waals surface area contributed by atoms with Gasteiger partial charge < -0.3 is 0 Å². The fraction of sp³-hybridized carbons (Fsp3) is 0. The molecule has 0 amide bonds. The number of nitrogens with zero attached hydrogens (tertiary/aromatic N) is 9. The van der Waals surface area contributed by atoms with Crippen molar-refractivity contribution in [3.05, 3.63) is 455 Å². The molecule has 0 atom stereocenters. The minimum absolute atomic E-state index is 0.168. The normalized spacial score (nSPS) is 11.7. The van der Waals surface area contributed by atoms with Crippen molar-refractivity contribution < 1.29 is 0 Å². The van der Waals surface area contributed by atoms with Crippen LogP contribution in [0.1, 0.15) is 0 Å². The van der Waals surface area contributed by atoms with Crippen LogP contribution in [0.4, 0.5) is 0 Å². The Morgan fingerprint density at radius 3 is 0.691 bits per heavy atom. The average molecular weight is 1960 g/mol. The Kier molecular flexibility index (Phi) is 20.1. The second-order valence-corrected chi connectivity index (χ2v) is 41.9. The van der Waals surface area contributed by atoms with Gasteiger partial charge in [-0.3, -0.25) is 0 Å². The Hall–Kier alpha value is -16.8. The van der Waals surface area contributed by atoms with E-state index >= 15 is 0 Å². The number of hydrogen-bond acceptors (Lipinski definition) is 9. The van der Waals surface area contributed by atoms with Crippen LogP contribution in [0.2, 0.25) is 0 Å². The monoisotopic (exact) mass is 1970 g/mol. The van der Waals surface area contributed by atoms with Crippen molar-refractivity contribution in [3.8, 4) is 114 Å². The van der Waals surface area contributed by atoms with Gasteiger partial charge in [0.15, 0.2) is 0 Å². The second kappa shape index (κ2) is 34.3. The van der Waals surface area contributed by atoms with Gasteiger partial charge in [-0.2, -0.15) is 0 Å². The van der Waals surface area contributed by atoms with Crippen molar-refractivity contribution in [1.82, 2.24) is 44.9 Å². The Balaban J connectivity index is 0.000000105. The quantitative estimate of drug-likeness (QED) is 0.0975. The Labute approximate surface area is 815 Å². The molecule has 9 nitrogen and oxygen atoms in total. The molecule has 29 aromatic rings. The van der Waals surface area contributed by atoms with Gasteiger partial charge in [-0.25, -0.2) is 0 Å². The zero-order chi connectivity index (χ0) is 91.5. The maximum atomic E-state index is 5.20. The molecule has 23 aromatic carbocycles. The molecule has 0 fully saturated rings. The van der Waals surface area contributed by atoms with Crippen molar-refractivity contribution >= 4 is 209 Å². The van der Waals surface area contributed by atoms with Crippen molar-refractivity contribution in [1.29, 1.82) is 0 Å². The molecule has 0 spiro atoms. The van der Waals surface area contributed by atoms with Crippen LogP contribution < -0.4 is 0 Å². The molecular weight excluding hydrogens is 1890 g/mol. The first kappa shape index (κ1) is 81.8. The molecule has 12 heteroatoms. The van der Waals surface area contributed by atoms with Crippen LogP contribution in [0, 0.1) is 0 Å². The van der Waals surface area contributed by atoms with Crippen molar-refractivity contribution in [2.24, 2.45) is 0 Å². The van der Waals surface area contributed by atoms with Crippen LogP contribution in [-0.2, 0) is 0 Å². The standard InChI is InChI=1S/C45H27N3Se.C43H25N3Se.C39H23N3Se/c1-2-9-28(10-3-1)29-17-19-31(20-18-29)43-46-44(48-45(47-43)40-15-8-14-39-38-13-6-7-16-41(38)49-42(39)40)33-23-24-35-32(27-33)22-26-36-34-12-5-4-11-30(34)21-25-37(35)36;1-2-10-28-24-30(17-16-26(28)8-1)41-44-42(46-43(45-41)38-14-7-13-37-36-12-5-6-15-39(36)47-40(37)38)31-20-21-33-29(25-31)19-23-34-32-11-4-3-9-27(32)18-22-35(33)34;1-2-10-25(11-3-1)37-40-38(42-39(41-37)34-15-8-14-33-32-13-6-7-16-35(32)43-36(33)34)27-19-20-29-26(23-27)18-22-30-28-12-5-4-9-24(28)17-21-31(29)30/h1-27H;1-25H;1-23H. The average Bonchev–Trinajstić information content (AvgIpc) is 1.36. The third-order valence-corrected chi connectivity index (χ3v) is 34.8. The third kappa shape index (κ3) is 14.7. The predicted octanol–water partition coefficient (Wildman–Crippen LogP) is 31.9. The van der Waals surface area contributed by atoms with E-state index in [2.05, 4.69) is 431 Å². The van der Waals surface area contributed by atoms with E-state index in [1.807, 2.05) is 24.3 Å². The molecular formula is C127H75N9Se3. The third-order valence-electron chi connectivity index (χ3n) is 27.1. The fourth-order valence-corrected chi connectivity index (χ4v) is 27.9. The van der Waals surface area contributed by atoms with Crippen molar-refractivity contribution in [2.75, 3.05) is 0 Å². The molecule has 0 saturated heterocycles. The van der Waals surface area contributed by atoms with Crippen LogP contribution in [0.5, 0.6) is 0 Å². The molecule has 6 heterocycles. The summed E-state index contributed by atoms with van der Waals surface area (Å²) in [6.07, 6.45) is 0. The Bertz CT molecular complexity index is 10100. The molecule has 0 saturated carbocycles.